The van der Waals surface area contributed by atoms with Crippen LogP contribution in [0.2, 0.25) is 0 Å². The first-order chi connectivity index (χ1) is 39.7. The maximum Gasteiger partial charge on any atom is 0.252 e. The van der Waals surface area contributed by atoms with Gasteiger partial charge in [-0.1, -0.05) is 214 Å². The lowest BCUT2D eigenvalue weighted by atomic mass is 9.33. The second-order valence-corrected chi connectivity index (χ2v) is 31.4. The van der Waals surface area contributed by atoms with Gasteiger partial charge in [-0.15, -0.1) is 0 Å². The summed E-state index contributed by atoms with van der Waals surface area (Å²) in [6, 6.07) is 61.5. The second kappa shape index (κ2) is 18.6. The third kappa shape index (κ3) is 8.03. The Morgan fingerprint density at radius 2 is 0.940 bits per heavy atom. The fourth-order valence-electron chi connectivity index (χ4n) is 16.9. The van der Waals surface area contributed by atoms with Gasteiger partial charge in [0.15, 0.2) is 0 Å². The number of hydrogen-bond donors (Lipinski definition) is 0. The predicted octanol–water partition coefficient (Wildman–Crippen LogP) is 20.3. The molecule has 14 rings (SSSR count). The minimum atomic E-state index is -0.243. The lowest BCUT2D eigenvalue weighted by molar-refractivity contribution is 0.217. The summed E-state index contributed by atoms with van der Waals surface area (Å²) < 4.78 is 0. The summed E-state index contributed by atoms with van der Waals surface area (Å²) in [4.78, 5) is 8.43. The number of anilines is 8. The van der Waals surface area contributed by atoms with E-state index in [1.165, 1.54) is 155 Å². The SMILES string of the molecule is CC(C)c1cc2c3cc1C1(C)CCC(C)(C)c4cc5c(cc41)B1c4cc(ccc4N(c4ccc(C(C)(C)C)cc4-c4ccccc4)c4cc(C(C)(C)C)cc(c41)N5c1ccc(C(C)(C)C)cc1-c1ccccc1)N3C1(C)CCCCCCC21C. The Labute approximate surface area is 505 Å². The van der Waals surface area contributed by atoms with E-state index in [9.17, 15) is 0 Å². The number of benzene rings is 8. The van der Waals surface area contributed by atoms with Gasteiger partial charge in [-0.2, -0.15) is 0 Å². The van der Waals surface area contributed by atoms with Gasteiger partial charge in [0, 0.05) is 56.1 Å². The molecule has 1 saturated carbocycles. The molecule has 1 fully saturated rings. The average molecular weight is 1100 g/mol. The van der Waals surface area contributed by atoms with E-state index in [2.05, 4.69) is 277 Å². The molecule has 4 heteroatoms. The van der Waals surface area contributed by atoms with Gasteiger partial charge >= 0.3 is 0 Å². The van der Waals surface area contributed by atoms with Crippen molar-refractivity contribution in [1.29, 1.82) is 0 Å². The van der Waals surface area contributed by atoms with E-state index in [1.807, 2.05) is 0 Å². The maximum atomic E-state index is 2.94. The molecule has 428 valence electrons. The monoisotopic (exact) mass is 1100 g/mol. The molecule has 0 spiro atoms. The molecular weight excluding hydrogens is 1010 g/mol. The van der Waals surface area contributed by atoms with Crippen molar-refractivity contribution in [3.05, 3.63) is 196 Å². The highest BCUT2D eigenvalue weighted by Gasteiger charge is 2.58. The Balaban J connectivity index is 1.18. The molecule has 2 aliphatic carbocycles. The Morgan fingerprint density at radius 1 is 0.417 bits per heavy atom. The van der Waals surface area contributed by atoms with Crippen molar-refractivity contribution >= 4 is 68.6 Å². The van der Waals surface area contributed by atoms with E-state index >= 15 is 0 Å². The summed E-state index contributed by atoms with van der Waals surface area (Å²) in [5.41, 5.74) is 30.4. The maximum absolute atomic E-state index is 2.94. The zero-order valence-electron chi connectivity index (χ0n) is 53.6. The highest BCUT2D eigenvalue weighted by atomic mass is 15.3. The number of fused-ring (bicyclic) bond motifs is 7. The molecule has 0 aromatic heterocycles. The average Bonchev–Trinajstić information content (AvgIpc) is 1.10. The van der Waals surface area contributed by atoms with Crippen LogP contribution < -0.4 is 31.1 Å². The van der Waals surface area contributed by atoms with E-state index < -0.39 is 0 Å². The molecular formula is C80H90BN3. The summed E-state index contributed by atoms with van der Waals surface area (Å²) in [6.07, 6.45) is 9.66. The molecule has 0 amide bonds. The third-order valence-electron chi connectivity index (χ3n) is 22.3. The Kier molecular flexibility index (Phi) is 12.2. The van der Waals surface area contributed by atoms with Crippen LogP contribution >= 0.6 is 0 Å². The summed E-state index contributed by atoms with van der Waals surface area (Å²) in [5, 5.41) is 0. The van der Waals surface area contributed by atoms with Crippen LogP contribution in [0.5, 0.6) is 0 Å². The van der Waals surface area contributed by atoms with E-state index in [0.29, 0.717) is 5.92 Å². The van der Waals surface area contributed by atoms with Crippen LogP contribution in [0.1, 0.15) is 213 Å². The zero-order chi connectivity index (χ0) is 59.0. The summed E-state index contributed by atoms with van der Waals surface area (Å²) in [7, 11) is 0. The number of nitrogens with zero attached hydrogens (tertiary/aromatic N) is 3. The number of rotatable bonds is 5. The lowest BCUT2D eigenvalue weighted by Crippen LogP contribution is -2.62. The molecule has 6 aliphatic rings. The quantitative estimate of drug-likeness (QED) is 0.159. The smallest absolute Gasteiger partial charge is 0.252 e. The van der Waals surface area contributed by atoms with Crippen molar-refractivity contribution in [2.75, 3.05) is 14.7 Å². The largest absolute Gasteiger partial charge is 0.334 e. The molecule has 8 aromatic rings. The lowest BCUT2D eigenvalue weighted by Gasteiger charge is -2.50. The highest BCUT2D eigenvalue weighted by molar-refractivity contribution is 7.00. The van der Waals surface area contributed by atoms with Crippen molar-refractivity contribution in [2.45, 2.75) is 206 Å². The van der Waals surface area contributed by atoms with Gasteiger partial charge < -0.3 is 14.7 Å². The van der Waals surface area contributed by atoms with Crippen LogP contribution in [-0.2, 0) is 32.5 Å². The molecule has 3 nitrogen and oxygen atoms in total. The van der Waals surface area contributed by atoms with Gasteiger partial charge in [0.1, 0.15) is 0 Å². The molecule has 0 saturated heterocycles. The fraction of sp³-hybridized carbons (Fsp3) is 0.400. The van der Waals surface area contributed by atoms with Crippen LogP contribution in [0.25, 0.3) is 22.3 Å². The van der Waals surface area contributed by atoms with Crippen LogP contribution in [0.4, 0.5) is 45.5 Å². The molecule has 4 aliphatic heterocycles. The minimum Gasteiger partial charge on any atom is -0.334 e. The Bertz CT molecular complexity index is 3990. The van der Waals surface area contributed by atoms with Crippen LogP contribution in [-0.4, -0.2) is 12.3 Å². The van der Waals surface area contributed by atoms with Gasteiger partial charge in [-0.3, -0.25) is 0 Å². The molecule has 0 N–H and O–H groups in total. The van der Waals surface area contributed by atoms with Gasteiger partial charge in [0.25, 0.3) is 6.71 Å². The normalized spacial score (nSPS) is 21.9. The van der Waals surface area contributed by atoms with Crippen LogP contribution in [0, 0.1) is 0 Å². The van der Waals surface area contributed by atoms with Crippen molar-refractivity contribution in [1.82, 2.24) is 0 Å². The molecule has 84 heavy (non-hydrogen) atoms. The van der Waals surface area contributed by atoms with Crippen molar-refractivity contribution in [3.63, 3.8) is 0 Å². The summed E-state index contributed by atoms with van der Waals surface area (Å²) in [6.45, 7) is 39.4. The van der Waals surface area contributed by atoms with E-state index in [0.717, 1.165) is 19.3 Å². The van der Waals surface area contributed by atoms with Crippen molar-refractivity contribution in [2.24, 2.45) is 0 Å². The van der Waals surface area contributed by atoms with Gasteiger partial charge in [-0.25, -0.2) is 0 Å². The van der Waals surface area contributed by atoms with Gasteiger partial charge in [-0.05, 0) is 199 Å². The predicted molar refractivity (Wildman–Crippen MR) is 362 cm³/mol. The molecule has 3 unspecified atom stereocenters. The third-order valence-corrected chi connectivity index (χ3v) is 22.3. The summed E-state index contributed by atoms with van der Waals surface area (Å²) >= 11 is 0. The summed E-state index contributed by atoms with van der Waals surface area (Å²) in [5.74, 6) is 0.367. The van der Waals surface area contributed by atoms with Crippen LogP contribution in [0.15, 0.2) is 152 Å². The molecule has 8 aromatic carbocycles. The van der Waals surface area contributed by atoms with Gasteiger partial charge in [0.2, 0.25) is 0 Å². The Hall–Kier alpha value is -6.78. The molecule has 0 radical (unpaired) electrons. The first-order valence-corrected chi connectivity index (χ1v) is 32.2. The van der Waals surface area contributed by atoms with Crippen molar-refractivity contribution in [3.8, 4) is 22.3 Å². The van der Waals surface area contributed by atoms with Gasteiger partial charge in [0.05, 0.1) is 16.9 Å². The van der Waals surface area contributed by atoms with Crippen molar-refractivity contribution < 1.29 is 0 Å². The van der Waals surface area contributed by atoms with Crippen LogP contribution in [0.3, 0.4) is 0 Å². The fourth-order valence-corrected chi connectivity index (χ4v) is 16.9. The Morgan fingerprint density at radius 3 is 1.50 bits per heavy atom. The minimum absolute atomic E-state index is 0.0364. The van der Waals surface area contributed by atoms with E-state index in [1.54, 1.807) is 5.56 Å². The van der Waals surface area contributed by atoms with E-state index in [4.69, 9.17) is 0 Å². The second-order valence-electron chi connectivity index (χ2n) is 31.4. The molecule has 6 bridgehead atoms. The van der Waals surface area contributed by atoms with E-state index in [-0.39, 0.29) is 44.7 Å². The first kappa shape index (κ1) is 55.1. The highest BCUT2D eigenvalue weighted by Crippen LogP contribution is 2.63. The molecule has 4 heterocycles. The molecule has 3 atom stereocenters. The standard InChI is InChI=1S/C80H90BN3/c1-50(2)57-46-63-69-48-60(57)78(14)40-39-77(12,13)61-49-70-65(47-62(61)78)81-64-45-56(84(69)80(16)38-26-18-17-25-37-79(63,80)15)33-36-68(64)82(66-34-31-53(74(3,4)5)41-58(66)51-27-21-19-22-28-51)71-43-55(76(9,10)11)44-72(73(71)81)83(70)67-35-32-54(75(6,7)8)42-59(67)52-29-23-20-24-30-52/h19-24,27-36,41-50H,17-18,25-26,37-40H2,1-16H3. The number of hydrogen-bond acceptors (Lipinski definition) is 3. The topological polar surface area (TPSA) is 9.72 Å². The first-order valence-electron chi connectivity index (χ1n) is 32.2. The zero-order valence-corrected chi connectivity index (χ0v) is 53.6.